The molecule has 2 atom stereocenters. The van der Waals surface area contributed by atoms with Crippen LogP contribution in [-0.4, -0.2) is 30.7 Å². The first-order valence-electron chi connectivity index (χ1n) is 6.30. The molecule has 1 aliphatic heterocycles. The van der Waals surface area contributed by atoms with E-state index in [1.807, 2.05) is 0 Å². The van der Waals surface area contributed by atoms with Gasteiger partial charge in [0.1, 0.15) is 0 Å². The van der Waals surface area contributed by atoms with Gasteiger partial charge in [-0.2, -0.15) is 0 Å². The van der Waals surface area contributed by atoms with Crippen molar-refractivity contribution in [1.82, 2.24) is 0 Å². The molecule has 1 nitrogen and oxygen atoms in total. The molecule has 0 radical (unpaired) electrons. The molecule has 2 fully saturated rings. The zero-order valence-electron chi connectivity index (χ0n) is 10.7. The Bertz CT molecular complexity index is 215. The molecule has 0 aromatic carbocycles. The maximum atomic E-state index is 2.46. The van der Waals surface area contributed by atoms with Crippen LogP contribution in [0.1, 0.15) is 46.0 Å². The summed E-state index contributed by atoms with van der Waals surface area (Å²) >= 11 is 0. The van der Waals surface area contributed by atoms with Gasteiger partial charge in [-0.1, -0.05) is 13.8 Å². The molecule has 0 unspecified atom stereocenters. The van der Waals surface area contributed by atoms with Gasteiger partial charge in [-0.3, -0.25) is 0 Å². The third-order valence-corrected chi connectivity index (χ3v) is 5.27. The van der Waals surface area contributed by atoms with E-state index in [-0.39, 0.29) is 24.0 Å². The van der Waals surface area contributed by atoms with E-state index in [0.717, 1.165) is 11.8 Å². The lowest BCUT2D eigenvalue weighted by Crippen LogP contribution is -3.00. The molecule has 1 aliphatic carbocycles. The monoisotopic (exact) mass is 323 g/mol. The van der Waals surface area contributed by atoms with E-state index in [1.54, 1.807) is 0 Å². The van der Waals surface area contributed by atoms with Crippen LogP contribution in [0.2, 0.25) is 0 Å². The number of halogens is 1. The number of likely N-dealkylation sites (tertiary alicyclic amines) is 1. The summed E-state index contributed by atoms with van der Waals surface area (Å²) in [6, 6.07) is 0. The SMILES string of the molecule is C[C@@H]1CC2(CCCC[N+]2(C)C)C[C@H]1C.[I-]. The largest absolute Gasteiger partial charge is 1.00 e. The summed E-state index contributed by atoms with van der Waals surface area (Å²) < 4.78 is 1.29. The van der Waals surface area contributed by atoms with Crippen molar-refractivity contribution in [2.24, 2.45) is 11.8 Å². The highest BCUT2D eigenvalue weighted by Crippen LogP contribution is 2.49. The van der Waals surface area contributed by atoms with E-state index >= 15 is 0 Å². The smallest absolute Gasteiger partial charge is 0.0993 e. The molecule has 0 aromatic heterocycles. The van der Waals surface area contributed by atoms with Gasteiger partial charge in [0.15, 0.2) is 0 Å². The second-order valence-corrected chi connectivity index (χ2v) is 6.45. The molecule has 0 bridgehead atoms. The number of quaternary nitrogens is 1. The Morgan fingerprint density at radius 2 is 1.53 bits per heavy atom. The van der Waals surface area contributed by atoms with Crippen LogP contribution in [0.4, 0.5) is 0 Å². The molecule has 0 N–H and O–H groups in total. The van der Waals surface area contributed by atoms with E-state index in [1.165, 1.54) is 43.1 Å². The molecule has 15 heavy (non-hydrogen) atoms. The third-order valence-electron chi connectivity index (χ3n) is 5.27. The van der Waals surface area contributed by atoms with Crippen LogP contribution in [0.5, 0.6) is 0 Å². The number of hydrogen-bond acceptors (Lipinski definition) is 0. The van der Waals surface area contributed by atoms with E-state index in [4.69, 9.17) is 0 Å². The average molecular weight is 323 g/mol. The minimum Gasteiger partial charge on any atom is -1.00 e. The van der Waals surface area contributed by atoms with E-state index < -0.39 is 0 Å². The zero-order valence-corrected chi connectivity index (χ0v) is 12.9. The lowest BCUT2D eigenvalue weighted by molar-refractivity contribution is -0.947. The predicted octanol–water partition coefficient (Wildman–Crippen LogP) is 0.0555. The summed E-state index contributed by atoms with van der Waals surface area (Å²) in [4.78, 5) is 0. The first-order valence-corrected chi connectivity index (χ1v) is 6.30. The molecule has 1 saturated heterocycles. The molecule has 2 heteroatoms. The van der Waals surface area contributed by atoms with Gasteiger partial charge >= 0.3 is 0 Å². The summed E-state index contributed by atoms with van der Waals surface area (Å²) in [5.74, 6) is 1.90. The molecular formula is C13H26IN. The highest BCUT2D eigenvalue weighted by Gasteiger charge is 2.53. The summed E-state index contributed by atoms with van der Waals surface area (Å²) in [5, 5.41) is 0. The highest BCUT2D eigenvalue weighted by molar-refractivity contribution is 4.94. The fraction of sp³-hybridized carbons (Fsp3) is 1.00. The molecule has 0 amide bonds. The second kappa shape index (κ2) is 4.52. The van der Waals surface area contributed by atoms with Crippen LogP contribution in [0, 0.1) is 11.8 Å². The van der Waals surface area contributed by atoms with Crippen molar-refractivity contribution in [3.05, 3.63) is 0 Å². The summed E-state index contributed by atoms with van der Waals surface area (Å²) in [6.07, 6.45) is 7.34. The topological polar surface area (TPSA) is 0 Å². The molecular weight excluding hydrogens is 297 g/mol. The molecule has 2 aliphatic rings. The van der Waals surface area contributed by atoms with Crippen molar-refractivity contribution in [3.8, 4) is 0 Å². The fourth-order valence-corrected chi connectivity index (χ4v) is 3.88. The predicted molar refractivity (Wildman–Crippen MR) is 61.1 cm³/mol. The molecule has 90 valence electrons. The van der Waals surface area contributed by atoms with Crippen molar-refractivity contribution in [2.45, 2.75) is 51.5 Å². The maximum absolute atomic E-state index is 2.46. The van der Waals surface area contributed by atoms with Gasteiger partial charge in [0.25, 0.3) is 0 Å². The van der Waals surface area contributed by atoms with Crippen molar-refractivity contribution >= 4 is 0 Å². The quantitative estimate of drug-likeness (QED) is 0.437. The molecule has 2 rings (SSSR count). The molecule has 1 heterocycles. The maximum Gasteiger partial charge on any atom is 0.0993 e. The first kappa shape index (κ1) is 13.8. The number of rotatable bonds is 0. The Kier molecular flexibility index (Phi) is 4.14. The summed E-state index contributed by atoms with van der Waals surface area (Å²) in [5.41, 5.74) is 0.650. The van der Waals surface area contributed by atoms with Gasteiger partial charge in [0.05, 0.1) is 26.2 Å². The first-order chi connectivity index (χ1) is 6.47. The van der Waals surface area contributed by atoms with E-state index in [2.05, 4.69) is 27.9 Å². The highest BCUT2D eigenvalue weighted by atomic mass is 127. The molecule has 0 aromatic rings. The Labute approximate surface area is 112 Å². The minimum atomic E-state index is 0. The summed E-state index contributed by atoms with van der Waals surface area (Å²) in [6.45, 7) is 6.31. The van der Waals surface area contributed by atoms with Crippen molar-refractivity contribution in [1.29, 1.82) is 0 Å². The Morgan fingerprint density at radius 3 is 2.00 bits per heavy atom. The Morgan fingerprint density at radius 1 is 1.00 bits per heavy atom. The van der Waals surface area contributed by atoms with Crippen LogP contribution < -0.4 is 24.0 Å². The van der Waals surface area contributed by atoms with Gasteiger partial charge in [0, 0.05) is 19.3 Å². The van der Waals surface area contributed by atoms with Crippen LogP contribution in [-0.2, 0) is 0 Å². The minimum absolute atomic E-state index is 0. The van der Waals surface area contributed by atoms with Crippen molar-refractivity contribution in [2.75, 3.05) is 20.6 Å². The van der Waals surface area contributed by atoms with Gasteiger partial charge < -0.3 is 28.5 Å². The van der Waals surface area contributed by atoms with Gasteiger partial charge in [-0.25, -0.2) is 0 Å². The average Bonchev–Trinajstić information content (AvgIpc) is 2.37. The van der Waals surface area contributed by atoms with Gasteiger partial charge in [-0.15, -0.1) is 0 Å². The van der Waals surface area contributed by atoms with E-state index in [0.29, 0.717) is 5.54 Å². The second-order valence-electron chi connectivity index (χ2n) is 6.45. The fourth-order valence-electron chi connectivity index (χ4n) is 3.88. The zero-order chi connectivity index (χ0) is 10.4. The van der Waals surface area contributed by atoms with Gasteiger partial charge in [0.2, 0.25) is 0 Å². The van der Waals surface area contributed by atoms with Crippen molar-refractivity contribution in [3.63, 3.8) is 0 Å². The standard InChI is InChI=1S/C13H26N.HI/c1-11-9-13(10-12(11)2)7-5-6-8-14(13,3)4;/h11-12H,5-10H2,1-4H3;1H/q+1;/p-1/t11-,12-;/m1./s1. The van der Waals surface area contributed by atoms with E-state index in [9.17, 15) is 0 Å². The number of hydrogen-bond donors (Lipinski definition) is 0. The van der Waals surface area contributed by atoms with Crippen LogP contribution in [0.3, 0.4) is 0 Å². The normalized spacial score (nSPS) is 37.6. The molecule has 1 saturated carbocycles. The van der Waals surface area contributed by atoms with Gasteiger partial charge in [-0.05, 0) is 24.7 Å². The Balaban J connectivity index is 0.00000112. The Hall–Kier alpha value is 0.690. The van der Waals surface area contributed by atoms with Crippen LogP contribution >= 0.6 is 0 Å². The number of nitrogens with zero attached hydrogens (tertiary/aromatic N) is 1. The lowest BCUT2D eigenvalue weighted by Gasteiger charge is -2.50. The van der Waals surface area contributed by atoms with Crippen LogP contribution in [0.25, 0.3) is 0 Å². The summed E-state index contributed by atoms with van der Waals surface area (Å²) in [7, 11) is 4.92. The molecule has 1 spiro atoms. The van der Waals surface area contributed by atoms with Crippen molar-refractivity contribution < 1.29 is 28.5 Å². The lowest BCUT2D eigenvalue weighted by atomic mass is 9.82. The number of piperidine rings is 1. The van der Waals surface area contributed by atoms with Crippen LogP contribution in [0.15, 0.2) is 0 Å². The third kappa shape index (κ3) is 2.21.